The lowest BCUT2D eigenvalue weighted by molar-refractivity contribution is 0.102. The Hall–Kier alpha value is -3.32. The van der Waals surface area contributed by atoms with E-state index in [0.717, 1.165) is 5.56 Å². The van der Waals surface area contributed by atoms with Crippen molar-refractivity contribution in [1.82, 2.24) is 9.97 Å². The highest BCUT2D eigenvalue weighted by Crippen LogP contribution is 2.26. The van der Waals surface area contributed by atoms with Crippen molar-refractivity contribution in [3.8, 4) is 11.3 Å². The van der Waals surface area contributed by atoms with Crippen molar-refractivity contribution in [2.45, 2.75) is 0 Å². The van der Waals surface area contributed by atoms with E-state index >= 15 is 0 Å². The van der Waals surface area contributed by atoms with Crippen molar-refractivity contribution in [1.29, 1.82) is 0 Å². The van der Waals surface area contributed by atoms with E-state index in [1.807, 2.05) is 0 Å². The zero-order valence-electron chi connectivity index (χ0n) is 13.3. The fraction of sp³-hybridized carbons (Fsp3) is 0. The van der Waals surface area contributed by atoms with Crippen LogP contribution < -0.4 is 10.9 Å². The number of carbonyl (C=O) groups excluding carboxylic acids is 1. The molecule has 0 aliphatic carbocycles. The first-order chi connectivity index (χ1) is 12.6. The zero-order chi connectivity index (χ0) is 18.1. The number of nitrogens with one attached hydrogen (secondary N) is 2. The molecule has 128 valence electrons. The summed E-state index contributed by atoms with van der Waals surface area (Å²) in [6, 6.07) is 14.3. The number of halogens is 1. The Morgan fingerprint density at radius 2 is 1.88 bits per heavy atom. The number of anilines is 1. The lowest BCUT2D eigenvalue weighted by atomic mass is 10.1. The second kappa shape index (κ2) is 6.53. The molecule has 2 heterocycles. The van der Waals surface area contributed by atoms with Gasteiger partial charge in [-0.2, -0.15) is 0 Å². The SMILES string of the molecule is O=C(Nc1nc(-c2ccc(F)cc2)cs1)c1cc(=O)[nH]c2ccccc12. The van der Waals surface area contributed by atoms with Gasteiger partial charge >= 0.3 is 0 Å². The largest absolute Gasteiger partial charge is 0.322 e. The van der Waals surface area contributed by atoms with Gasteiger partial charge in [0.2, 0.25) is 5.56 Å². The summed E-state index contributed by atoms with van der Waals surface area (Å²) in [5.74, 6) is -0.731. The molecule has 0 unspecified atom stereocenters. The molecule has 0 radical (unpaired) electrons. The first-order valence-electron chi connectivity index (χ1n) is 7.75. The van der Waals surface area contributed by atoms with E-state index < -0.39 is 5.91 Å². The Balaban J connectivity index is 1.63. The molecule has 26 heavy (non-hydrogen) atoms. The van der Waals surface area contributed by atoms with Gasteiger partial charge in [-0.15, -0.1) is 11.3 Å². The van der Waals surface area contributed by atoms with Crippen LogP contribution in [0.15, 0.2) is 64.8 Å². The number of nitrogens with zero attached hydrogens (tertiary/aromatic N) is 1. The van der Waals surface area contributed by atoms with Crippen LogP contribution in [0.3, 0.4) is 0 Å². The molecule has 7 heteroatoms. The van der Waals surface area contributed by atoms with Gasteiger partial charge < -0.3 is 4.98 Å². The molecule has 5 nitrogen and oxygen atoms in total. The minimum Gasteiger partial charge on any atom is -0.322 e. The lowest BCUT2D eigenvalue weighted by Crippen LogP contribution is -2.16. The number of hydrogen-bond donors (Lipinski definition) is 2. The van der Waals surface area contributed by atoms with Gasteiger partial charge in [-0.1, -0.05) is 18.2 Å². The van der Waals surface area contributed by atoms with Crippen molar-refractivity contribution in [3.63, 3.8) is 0 Å². The van der Waals surface area contributed by atoms with Crippen LogP contribution >= 0.6 is 11.3 Å². The van der Waals surface area contributed by atoms with Crippen LogP contribution in [0.25, 0.3) is 22.2 Å². The molecular weight excluding hydrogens is 353 g/mol. The lowest BCUT2D eigenvalue weighted by Gasteiger charge is -2.05. The summed E-state index contributed by atoms with van der Waals surface area (Å²) in [4.78, 5) is 31.5. The summed E-state index contributed by atoms with van der Waals surface area (Å²) in [6.07, 6.45) is 0. The Morgan fingerprint density at radius 1 is 1.12 bits per heavy atom. The fourth-order valence-corrected chi connectivity index (χ4v) is 3.36. The van der Waals surface area contributed by atoms with Gasteiger partial charge in [-0.3, -0.25) is 14.9 Å². The Labute approximate surface area is 151 Å². The number of carbonyl (C=O) groups is 1. The summed E-state index contributed by atoms with van der Waals surface area (Å²) in [7, 11) is 0. The Bertz CT molecular complexity index is 1170. The molecule has 0 atom stereocenters. The molecule has 4 aromatic rings. The maximum Gasteiger partial charge on any atom is 0.258 e. The van der Waals surface area contributed by atoms with E-state index in [-0.39, 0.29) is 16.9 Å². The van der Waals surface area contributed by atoms with Crippen LogP contribution in [-0.4, -0.2) is 15.9 Å². The number of fused-ring (bicyclic) bond motifs is 1. The highest BCUT2D eigenvalue weighted by molar-refractivity contribution is 7.14. The number of hydrogen-bond acceptors (Lipinski definition) is 4. The molecule has 0 saturated carbocycles. The molecule has 0 saturated heterocycles. The number of thiazole rings is 1. The van der Waals surface area contributed by atoms with Gasteiger partial charge in [0.05, 0.1) is 11.3 Å². The van der Waals surface area contributed by atoms with Crippen LogP contribution in [0, 0.1) is 5.82 Å². The van der Waals surface area contributed by atoms with E-state index in [2.05, 4.69) is 15.3 Å². The highest BCUT2D eigenvalue weighted by atomic mass is 32.1. The summed E-state index contributed by atoms with van der Waals surface area (Å²) in [5, 5.41) is 5.55. The van der Waals surface area contributed by atoms with Gasteiger partial charge in [0.25, 0.3) is 5.91 Å². The minimum atomic E-state index is -0.410. The highest BCUT2D eigenvalue weighted by Gasteiger charge is 2.14. The minimum absolute atomic E-state index is 0.280. The number of H-pyrrole nitrogens is 1. The van der Waals surface area contributed by atoms with Crippen LogP contribution in [0.2, 0.25) is 0 Å². The summed E-state index contributed by atoms with van der Waals surface area (Å²) in [6.45, 7) is 0. The number of pyridine rings is 1. The van der Waals surface area contributed by atoms with Gasteiger partial charge in [-0.25, -0.2) is 9.37 Å². The third-order valence-electron chi connectivity index (χ3n) is 3.86. The molecule has 0 fully saturated rings. The second-order valence-electron chi connectivity index (χ2n) is 5.59. The van der Waals surface area contributed by atoms with Gasteiger partial charge in [0.1, 0.15) is 5.82 Å². The van der Waals surface area contributed by atoms with Crippen LogP contribution in [0.4, 0.5) is 9.52 Å². The molecule has 1 amide bonds. The van der Waals surface area contributed by atoms with E-state index in [0.29, 0.717) is 21.7 Å². The zero-order valence-corrected chi connectivity index (χ0v) is 14.1. The molecule has 4 rings (SSSR count). The molecular formula is C19H12FN3O2S. The summed E-state index contributed by atoms with van der Waals surface area (Å²) in [5.41, 5.74) is 1.92. The number of rotatable bonds is 3. The normalized spacial score (nSPS) is 10.8. The Kier molecular flexibility index (Phi) is 4.06. The molecule has 2 N–H and O–H groups in total. The maximum absolute atomic E-state index is 13.0. The van der Waals surface area contributed by atoms with Crippen LogP contribution in [0.1, 0.15) is 10.4 Å². The van der Waals surface area contributed by atoms with Crippen LogP contribution in [0.5, 0.6) is 0 Å². The molecule has 0 aliphatic rings. The number of para-hydroxylation sites is 1. The monoisotopic (exact) mass is 365 g/mol. The van der Waals surface area contributed by atoms with Gasteiger partial charge in [0, 0.05) is 27.9 Å². The molecule has 0 spiro atoms. The number of benzene rings is 2. The summed E-state index contributed by atoms with van der Waals surface area (Å²) >= 11 is 1.26. The molecule has 2 aromatic carbocycles. The first kappa shape index (κ1) is 16.2. The van der Waals surface area contributed by atoms with Crippen molar-refractivity contribution < 1.29 is 9.18 Å². The fourth-order valence-electron chi connectivity index (χ4n) is 2.64. The second-order valence-corrected chi connectivity index (χ2v) is 6.45. The summed E-state index contributed by atoms with van der Waals surface area (Å²) < 4.78 is 13.0. The quantitative estimate of drug-likeness (QED) is 0.575. The van der Waals surface area contributed by atoms with Crippen molar-refractivity contribution in [3.05, 3.63) is 81.7 Å². The van der Waals surface area contributed by atoms with Crippen molar-refractivity contribution in [2.75, 3.05) is 5.32 Å². The average Bonchev–Trinajstić information content (AvgIpc) is 3.10. The van der Waals surface area contributed by atoms with Crippen LogP contribution in [-0.2, 0) is 0 Å². The predicted molar refractivity (Wildman–Crippen MR) is 100 cm³/mol. The third-order valence-corrected chi connectivity index (χ3v) is 4.62. The topological polar surface area (TPSA) is 74.8 Å². The smallest absolute Gasteiger partial charge is 0.258 e. The standard InChI is InChI=1S/C19H12FN3O2S/c20-12-7-5-11(6-8-12)16-10-26-19(22-16)23-18(25)14-9-17(24)21-15-4-2-1-3-13(14)15/h1-10H,(H,21,24)(H,22,23,25). The van der Waals surface area contributed by atoms with E-state index in [4.69, 9.17) is 0 Å². The van der Waals surface area contributed by atoms with Gasteiger partial charge in [0.15, 0.2) is 5.13 Å². The van der Waals surface area contributed by atoms with Crippen molar-refractivity contribution in [2.24, 2.45) is 0 Å². The predicted octanol–water partition coefficient (Wildman–Crippen LogP) is 4.04. The van der Waals surface area contributed by atoms with E-state index in [9.17, 15) is 14.0 Å². The molecule has 2 aromatic heterocycles. The number of aromatic amines is 1. The van der Waals surface area contributed by atoms with E-state index in [1.54, 1.807) is 41.8 Å². The number of aromatic nitrogens is 2. The number of amides is 1. The van der Waals surface area contributed by atoms with E-state index in [1.165, 1.54) is 29.5 Å². The van der Waals surface area contributed by atoms with Gasteiger partial charge in [-0.05, 0) is 30.3 Å². The first-order valence-corrected chi connectivity index (χ1v) is 8.63. The van der Waals surface area contributed by atoms with Crippen molar-refractivity contribution >= 4 is 33.3 Å². The molecule has 0 bridgehead atoms. The maximum atomic E-state index is 13.0. The Morgan fingerprint density at radius 3 is 2.69 bits per heavy atom. The third kappa shape index (κ3) is 3.12. The molecule has 0 aliphatic heterocycles. The average molecular weight is 365 g/mol.